The third-order valence-electron chi connectivity index (χ3n) is 7.50. The first kappa shape index (κ1) is 23.5. The lowest BCUT2D eigenvalue weighted by Gasteiger charge is -2.28. The molecule has 0 aliphatic carbocycles. The van der Waals surface area contributed by atoms with E-state index < -0.39 is 0 Å². The van der Waals surface area contributed by atoms with E-state index in [-0.39, 0.29) is 5.41 Å². The number of rotatable bonds is 5. The zero-order chi connectivity index (χ0) is 25.4. The lowest BCUT2D eigenvalue weighted by Crippen LogP contribution is -2.19. The first-order valence-electron chi connectivity index (χ1n) is 12.9. The Hall–Kier alpha value is -3.94. The molecule has 6 rings (SSSR count). The molecule has 0 aliphatic rings. The van der Waals surface area contributed by atoms with Gasteiger partial charge in [0, 0.05) is 25.9 Å². The Labute approximate surface area is 223 Å². The maximum Gasteiger partial charge on any atom is 0.0392 e. The molecule has 6 aromatic rings. The Bertz CT molecular complexity index is 1620. The average molecular weight is 495 g/mol. The Morgan fingerprint density at radius 1 is 0.514 bits per heavy atom. The van der Waals surface area contributed by atoms with Gasteiger partial charge in [-0.25, -0.2) is 0 Å². The molecule has 0 saturated carbocycles. The molecule has 5 aromatic carbocycles. The van der Waals surface area contributed by atoms with Gasteiger partial charge in [-0.2, -0.15) is 0 Å². The SMILES string of the molecule is Cc1sc2c(C(C)(C)c3cc(-c4ccccc4)cc(-c4ccccc4)c3)cccc2c1-c1ccccc1. The van der Waals surface area contributed by atoms with Crippen molar-refractivity contribution in [1.29, 1.82) is 0 Å². The summed E-state index contributed by atoms with van der Waals surface area (Å²) in [5, 5.41) is 1.35. The highest BCUT2D eigenvalue weighted by molar-refractivity contribution is 7.19. The quantitative estimate of drug-likeness (QED) is 0.224. The first-order chi connectivity index (χ1) is 18.0. The third-order valence-corrected chi connectivity index (χ3v) is 8.65. The van der Waals surface area contributed by atoms with Gasteiger partial charge in [0.15, 0.2) is 0 Å². The van der Waals surface area contributed by atoms with Gasteiger partial charge in [0.25, 0.3) is 0 Å². The summed E-state index contributed by atoms with van der Waals surface area (Å²) in [6, 6.07) is 46.2. The van der Waals surface area contributed by atoms with Gasteiger partial charge in [0.1, 0.15) is 0 Å². The monoisotopic (exact) mass is 494 g/mol. The zero-order valence-electron chi connectivity index (χ0n) is 21.5. The summed E-state index contributed by atoms with van der Waals surface area (Å²) in [5.41, 5.74) is 10.2. The number of thiophene rings is 1. The van der Waals surface area contributed by atoms with E-state index in [4.69, 9.17) is 0 Å². The maximum absolute atomic E-state index is 2.39. The molecule has 0 bridgehead atoms. The second-order valence-corrected chi connectivity index (χ2v) is 11.5. The van der Waals surface area contributed by atoms with Gasteiger partial charge in [-0.05, 0) is 51.9 Å². The van der Waals surface area contributed by atoms with Crippen molar-refractivity contribution in [2.75, 3.05) is 0 Å². The smallest absolute Gasteiger partial charge is 0.0392 e. The fraction of sp³-hybridized carbons (Fsp3) is 0.111. The van der Waals surface area contributed by atoms with Crippen molar-refractivity contribution in [3.8, 4) is 33.4 Å². The number of hydrogen-bond acceptors (Lipinski definition) is 1. The van der Waals surface area contributed by atoms with Crippen molar-refractivity contribution in [3.63, 3.8) is 0 Å². The molecule has 0 amide bonds. The molecule has 0 spiro atoms. The molecule has 1 aromatic heterocycles. The standard InChI is InChI=1S/C36H30S/c1-25-34(28-18-11-6-12-19-28)32-20-13-21-33(35(32)37-25)36(2,3)31-23-29(26-14-7-4-8-15-26)22-30(24-31)27-16-9-5-10-17-27/h4-24H,1-3H3. The summed E-state index contributed by atoms with van der Waals surface area (Å²) in [4.78, 5) is 1.37. The molecule has 1 heterocycles. The predicted molar refractivity (Wildman–Crippen MR) is 161 cm³/mol. The van der Waals surface area contributed by atoms with Crippen molar-refractivity contribution >= 4 is 21.4 Å². The molecule has 0 aliphatic heterocycles. The molecule has 0 saturated heterocycles. The van der Waals surface area contributed by atoms with Crippen LogP contribution in [0.25, 0.3) is 43.5 Å². The molecule has 0 unspecified atom stereocenters. The molecule has 180 valence electrons. The van der Waals surface area contributed by atoms with Crippen LogP contribution in [0.1, 0.15) is 29.9 Å². The van der Waals surface area contributed by atoms with Gasteiger partial charge in [-0.3, -0.25) is 0 Å². The average Bonchev–Trinajstić information content (AvgIpc) is 3.30. The highest BCUT2D eigenvalue weighted by Gasteiger charge is 2.28. The molecule has 0 nitrogen and oxygen atoms in total. The largest absolute Gasteiger partial charge is 0.140 e. The highest BCUT2D eigenvalue weighted by atomic mass is 32.1. The van der Waals surface area contributed by atoms with Crippen molar-refractivity contribution < 1.29 is 0 Å². The van der Waals surface area contributed by atoms with Crippen molar-refractivity contribution in [2.24, 2.45) is 0 Å². The zero-order valence-corrected chi connectivity index (χ0v) is 22.3. The molecule has 37 heavy (non-hydrogen) atoms. The fourth-order valence-electron chi connectivity index (χ4n) is 5.43. The number of benzene rings is 5. The minimum atomic E-state index is -0.181. The van der Waals surface area contributed by atoms with E-state index in [0.717, 1.165) is 0 Å². The Kier molecular flexibility index (Phi) is 6.02. The van der Waals surface area contributed by atoms with Crippen molar-refractivity contribution in [2.45, 2.75) is 26.2 Å². The van der Waals surface area contributed by atoms with Gasteiger partial charge in [-0.15, -0.1) is 11.3 Å². The third kappa shape index (κ3) is 4.30. The van der Waals surface area contributed by atoms with E-state index in [1.54, 1.807) is 0 Å². The van der Waals surface area contributed by atoms with Crippen LogP contribution in [-0.2, 0) is 5.41 Å². The number of aryl methyl sites for hydroxylation is 1. The number of fused-ring (bicyclic) bond motifs is 1. The van der Waals surface area contributed by atoms with Crippen molar-refractivity contribution in [1.82, 2.24) is 0 Å². The summed E-state index contributed by atoms with van der Waals surface area (Å²) in [7, 11) is 0. The van der Waals surface area contributed by atoms with Crippen LogP contribution in [0.4, 0.5) is 0 Å². The van der Waals surface area contributed by atoms with Gasteiger partial charge >= 0.3 is 0 Å². The van der Waals surface area contributed by atoms with Gasteiger partial charge in [0.2, 0.25) is 0 Å². The van der Waals surface area contributed by atoms with Crippen LogP contribution in [0.5, 0.6) is 0 Å². The lowest BCUT2D eigenvalue weighted by atomic mass is 9.76. The van der Waals surface area contributed by atoms with E-state index in [1.165, 1.54) is 59.5 Å². The molecular formula is C36H30S. The second-order valence-electron chi connectivity index (χ2n) is 10.2. The van der Waals surface area contributed by atoms with Gasteiger partial charge in [-0.1, -0.05) is 135 Å². The Balaban J connectivity index is 1.56. The fourth-order valence-corrected chi connectivity index (χ4v) is 6.78. The van der Waals surface area contributed by atoms with Crippen LogP contribution in [-0.4, -0.2) is 0 Å². The predicted octanol–water partition coefficient (Wildman–Crippen LogP) is 10.5. The van der Waals surface area contributed by atoms with E-state index in [9.17, 15) is 0 Å². The van der Waals surface area contributed by atoms with E-state index in [1.807, 2.05) is 11.3 Å². The van der Waals surface area contributed by atoms with E-state index in [0.29, 0.717) is 0 Å². The first-order valence-corrected chi connectivity index (χ1v) is 13.7. The number of hydrogen-bond donors (Lipinski definition) is 0. The van der Waals surface area contributed by atoms with Crippen LogP contribution in [0, 0.1) is 6.92 Å². The van der Waals surface area contributed by atoms with E-state index in [2.05, 4.69) is 148 Å². The molecule has 0 atom stereocenters. The van der Waals surface area contributed by atoms with Crippen LogP contribution in [0.3, 0.4) is 0 Å². The van der Waals surface area contributed by atoms with Gasteiger partial charge in [0.05, 0.1) is 0 Å². The summed E-state index contributed by atoms with van der Waals surface area (Å²) in [6.45, 7) is 7.00. The van der Waals surface area contributed by atoms with Crippen LogP contribution >= 0.6 is 11.3 Å². The Morgan fingerprint density at radius 3 is 1.57 bits per heavy atom. The molecule has 0 fully saturated rings. The molecule has 1 heteroatoms. The molecule has 0 N–H and O–H groups in total. The van der Waals surface area contributed by atoms with Crippen molar-refractivity contribution in [3.05, 3.63) is 143 Å². The highest BCUT2D eigenvalue weighted by Crippen LogP contribution is 2.45. The van der Waals surface area contributed by atoms with Gasteiger partial charge < -0.3 is 0 Å². The topological polar surface area (TPSA) is 0 Å². The summed E-state index contributed by atoms with van der Waals surface area (Å²) in [5.74, 6) is 0. The summed E-state index contributed by atoms with van der Waals surface area (Å²) in [6.07, 6.45) is 0. The molecule has 0 radical (unpaired) electrons. The minimum Gasteiger partial charge on any atom is -0.140 e. The van der Waals surface area contributed by atoms with E-state index >= 15 is 0 Å². The Morgan fingerprint density at radius 2 is 1.03 bits per heavy atom. The van der Waals surface area contributed by atoms with Crippen LogP contribution < -0.4 is 0 Å². The van der Waals surface area contributed by atoms with Crippen LogP contribution in [0.15, 0.2) is 127 Å². The second kappa shape index (κ2) is 9.50. The van der Waals surface area contributed by atoms with Crippen LogP contribution in [0.2, 0.25) is 0 Å². The molecular weight excluding hydrogens is 464 g/mol. The lowest BCUT2D eigenvalue weighted by molar-refractivity contribution is 0.648. The minimum absolute atomic E-state index is 0.181. The summed E-state index contributed by atoms with van der Waals surface area (Å²) < 4.78 is 1.38. The normalized spacial score (nSPS) is 11.6. The summed E-state index contributed by atoms with van der Waals surface area (Å²) >= 11 is 1.92. The maximum atomic E-state index is 2.39.